The van der Waals surface area contributed by atoms with E-state index in [1.54, 1.807) is 17.0 Å². The van der Waals surface area contributed by atoms with Gasteiger partial charge in [-0.05, 0) is 77.8 Å². The van der Waals surface area contributed by atoms with E-state index in [0.29, 0.717) is 31.5 Å². The zero-order valence-electron chi connectivity index (χ0n) is 18.3. The average molecular weight is 416 g/mol. The number of carbonyl (C=O) groups excluding carboxylic acids is 2. The molecule has 0 aliphatic carbocycles. The van der Waals surface area contributed by atoms with Crippen molar-refractivity contribution >= 4 is 12.0 Å². The Morgan fingerprint density at radius 3 is 2.27 bits per heavy atom. The number of piperidine rings is 1. The molecule has 2 aromatic rings. The molecule has 2 heterocycles. The third-order valence-corrected chi connectivity index (χ3v) is 5.24. The Bertz CT molecular complexity index is 920. The van der Waals surface area contributed by atoms with Crippen LogP contribution in [0.4, 0.5) is 9.18 Å². The van der Waals surface area contributed by atoms with E-state index in [0.717, 1.165) is 17.1 Å². The number of hydrogen-bond acceptors (Lipinski definition) is 3. The van der Waals surface area contributed by atoms with Crippen LogP contribution in [-0.2, 0) is 4.74 Å². The molecule has 1 saturated heterocycles. The number of halogens is 1. The SMILES string of the molecule is Cc1cc(C(=O)NC2CCN(C(=O)OC(C)(C)C)CC2)c(C)n1-c1ccc(F)cc1. The number of carbonyl (C=O) groups is 2. The van der Waals surface area contributed by atoms with Crippen LogP contribution in [0.25, 0.3) is 5.69 Å². The van der Waals surface area contributed by atoms with Gasteiger partial charge in [0.1, 0.15) is 11.4 Å². The van der Waals surface area contributed by atoms with Gasteiger partial charge in [0.2, 0.25) is 0 Å². The van der Waals surface area contributed by atoms with E-state index in [4.69, 9.17) is 4.74 Å². The second-order valence-corrected chi connectivity index (χ2v) is 8.81. The van der Waals surface area contributed by atoms with E-state index < -0.39 is 5.60 Å². The van der Waals surface area contributed by atoms with Gasteiger partial charge in [0.25, 0.3) is 5.91 Å². The maximum absolute atomic E-state index is 13.3. The summed E-state index contributed by atoms with van der Waals surface area (Å²) in [6.07, 6.45) is 1.05. The molecular formula is C23H30FN3O3. The molecule has 0 bridgehead atoms. The lowest BCUT2D eigenvalue weighted by molar-refractivity contribution is 0.0199. The predicted octanol–water partition coefficient (Wildman–Crippen LogP) is 4.36. The second-order valence-electron chi connectivity index (χ2n) is 8.81. The van der Waals surface area contributed by atoms with E-state index >= 15 is 0 Å². The van der Waals surface area contributed by atoms with Crippen LogP contribution < -0.4 is 5.32 Å². The van der Waals surface area contributed by atoms with Gasteiger partial charge >= 0.3 is 6.09 Å². The van der Waals surface area contributed by atoms with E-state index in [1.165, 1.54) is 12.1 Å². The first-order valence-corrected chi connectivity index (χ1v) is 10.3. The van der Waals surface area contributed by atoms with Crippen LogP contribution in [0.3, 0.4) is 0 Å². The fourth-order valence-corrected chi connectivity index (χ4v) is 3.78. The van der Waals surface area contributed by atoms with Crippen molar-refractivity contribution in [3.63, 3.8) is 0 Å². The quantitative estimate of drug-likeness (QED) is 0.810. The largest absolute Gasteiger partial charge is 0.444 e. The number of likely N-dealkylation sites (tertiary alicyclic amines) is 1. The van der Waals surface area contributed by atoms with Crippen molar-refractivity contribution in [2.45, 2.75) is 59.1 Å². The van der Waals surface area contributed by atoms with Gasteiger partial charge in [-0.25, -0.2) is 9.18 Å². The van der Waals surface area contributed by atoms with Crippen molar-refractivity contribution in [2.24, 2.45) is 0 Å². The lowest BCUT2D eigenvalue weighted by Gasteiger charge is -2.33. The number of hydrogen-bond donors (Lipinski definition) is 1. The minimum Gasteiger partial charge on any atom is -0.444 e. The summed E-state index contributed by atoms with van der Waals surface area (Å²) in [4.78, 5) is 26.8. The van der Waals surface area contributed by atoms with E-state index in [2.05, 4.69) is 5.32 Å². The smallest absolute Gasteiger partial charge is 0.410 e. The van der Waals surface area contributed by atoms with Gasteiger partial charge in [-0.1, -0.05) is 0 Å². The van der Waals surface area contributed by atoms with Crippen LogP contribution in [0.5, 0.6) is 0 Å². The van der Waals surface area contributed by atoms with Crippen LogP contribution in [0.15, 0.2) is 30.3 Å². The summed E-state index contributed by atoms with van der Waals surface area (Å²) in [6.45, 7) is 10.5. The molecule has 0 atom stereocenters. The molecule has 1 aromatic carbocycles. The highest BCUT2D eigenvalue weighted by molar-refractivity contribution is 5.96. The number of amides is 2. The molecule has 0 saturated carbocycles. The van der Waals surface area contributed by atoms with Gasteiger partial charge in [-0.15, -0.1) is 0 Å². The third-order valence-electron chi connectivity index (χ3n) is 5.24. The summed E-state index contributed by atoms with van der Waals surface area (Å²) < 4.78 is 20.6. The Labute approximate surface area is 177 Å². The standard InChI is InChI=1S/C23H30FN3O3/c1-15-14-20(16(2)27(15)19-8-6-17(24)7-9-19)21(28)25-18-10-12-26(13-11-18)22(29)30-23(3,4)5/h6-9,14,18H,10-13H2,1-5H3,(H,25,28). The van der Waals surface area contributed by atoms with Gasteiger partial charge in [-0.2, -0.15) is 0 Å². The number of benzene rings is 1. The fraction of sp³-hybridized carbons (Fsp3) is 0.478. The summed E-state index contributed by atoms with van der Waals surface area (Å²) in [5, 5.41) is 3.09. The van der Waals surface area contributed by atoms with Gasteiger partial charge in [0.05, 0.1) is 5.56 Å². The highest BCUT2D eigenvalue weighted by Crippen LogP contribution is 2.22. The van der Waals surface area contributed by atoms with Crippen molar-refractivity contribution in [3.05, 3.63) is 53.1 Å². The maximum atomic E-state index is 13.3. The molecule has 2 amide bonds. The number of aryl methyl sites for hydroxylation is 1. The summed E-state index contributed by atoms with van der Waals surface area (Å²) in [5.74, 6) is -0.427. The summed E-state index contributed by atoms with van der Waals surface area (Å²) in [5.41, 5.74) is 2.61. The van der Waals surface area contributed by atoms with Crippen LogP contribution in [-0.4, -0.2) is 46.2 Å². The molecule has 0 spiro atoms. The maximum Gasteiger partial charge on any atom is 0.410 e. The fourth-order valence-electron chi connectivity index (χ4n) is 3.78. The van der Waals surface area contributed by atoms with Gasteiger partial charge in [-0.3, -0.25) is 4.79 Å². The molecule has 0 radical (unpaired) electrons. The van der Waals surface area contributed by atoms with Crippen molar-refractivity contribution in [3.8, 4) is 5.69 Å². The minimum absolute atomic E-state index is 0.00469. The van der Waals surface area contributed by atoms with E-state index in [9.17, 15) is 14.0 Å². The summed E-state index contributed by atoms with van der Waals surface area (Å²) in [7, 11) is 0. The normalized spacial score (nSPS) is 15.2. The van der Waals surface area contributed by atoms with E-state index in [1.807, 2.05) is 45.3 Å². The van der Waals surface area contributed by atoms with Crippen LogP contribution in [0.1, 0.15) is 55.4 Å². The molecule has 7 heteroatoms. The molecule has 1 aliphatic heterocycles. The first-order valence-electron chi connectivity index (χ1n) is 10.3. The molecule has 0 unspecified atom stereocenters. The van der Waals surface area contributed by atoms with Crippen LogP contribution in [0, 0.1) is 19.7 Å². The Balaban J connectivity index is 1.63. The van der Waals surface area contributed by atoms with Crippen molar-refractivity contribution in [1.82, 2.24) is 14.8 Å². The average Bonchev–Trinajstić information content (AvgIpc) is 2.96. The number of ether oxygens (including phenoxy) is 1. The van der Waals surface area contributed by atoms with Gasteiger partial charge in [0.15, 0.2) is 0 Å². The van der Waals surface area contributed by atoms with Gasteiger partial charge < -0.3 is 19.5 Å². The molecule has 30 heavy (non-hydrogen) atoms. The number of nitrogens with zero attached hydrogens (tertiary/aromatic N) is 2. The van der Waals surface area contributed by atoms with Crippen molar-refractivity contribution in [2.75, 3.05) is 13.1 Å². The zero-order valence-corrected chi connectivity index (χ0v) is 18.3. The molecule has 162 valence electrons. The molecule has 6 nitrogen and oxygen atoms in total. The molecule has 1 aromatic heterocycles. The highest BCUT2D eigenvalue weighted by atomic mass is 19.1. The third kappa shape index (κ3) is 5.01. The second kappa shape index (κ2) is 8.50. The Morgan fingerprint density at radius 1 is 1.10 bits per heavy atom. The van der Waals surface area contributed by atoms with Crippen molar-refractivity contribution in [1.29, 1.82) is 0 Å². The lowest BCUT2D eigenvalue weighted by Crippen LogP contribution is -2.47. The first-order chi connectivity index (χ1) is 14.0. The lowest BCUT2D eigenvalue weighted by atomic mass is 10.0. The minimum atomic E-state index is -0.519. The molecular weight excluding hydrogens is 385 g/mol. The first kappa shape index (κ1) is 21.9. The van der Waals surface area contributed by atoms with Crippen LogP contribution in [0.2, 0.25) is 0 Å². The Hall–Kier alpha value is -2.83. The highest BCUT2D eigenvalue weighted by Gasteiger charge is 2.28. The predicted molar refractivity (Wildman–Crippen MR) is 113 cm³/mol. The Morgan fingerprint density at radius 2 is 1.70 bits per heavy atom. The number of rotatable bonds is 3. The molecule has 1 aliphatic rings. The molecule has 1 N–H and O–H groups in total. The zero-order chi connectivity index (χ0) is 22.1. The Kier molecular flexibility index (Phi) is 6.19. The topological polar surface area (TPSA) is 63.6 Å². The monoisotopic (exact) mass is 415 g/mol. The number of nitrogens with one attached hydrogen (secondary N) is 1. The van der Waals surface area contributed by atoms with Crippen molar-refractivity contribution < 1.29 is 18.7 Å². The molecule has 3 rings (SSSR count). The number of aromatic nitrogens is 1. The van der Waals surface area contributed by atoms with E-state index in [-0.39, 0.29) is 23.9 Å². The van der Waals surface area contributed by atoms with Gasteiger partial charge in [0, 0.05) is 36.2 Å². The molecule has 1 fully saturated rings. The summed E-state index contributed by atoms with van der Waals surface area (Å²) >= 11 is 0. The summed E-state index contributed by atoms with van der Waals surface area (Å²) in [6, 6.07) is 8.07. The van der Waals surface area contributed by atoms with Crippen LogP contribution >= 0.6 is 0 Å².